The highest BCUT2D eigenvalue weighted by molar-refractivity contribution is 5.93. The summed E-state index contributed by atoms with van der Waals surface area (Å²) >= 11 is 0. The average molecular weight is 400 g/mol. The van der Waals surface area contributed by atoms with Crippen molar-refractivity contribution in [3.05, 3.63) is 70.1 Å². The average Bonchev–Trinajstić information content (AvgIpc) is 3.15. The Morgan fingerprint density at radius 3 is 2.77 bits per heavy atom. The zero-order chi connectivity index (χ0) is 21.3. The molecule has 2 aromatic carbocycles. The van der Waals surface area contributed by atoms with Gasteiger partial charge < -0.3 is 10.5 Å². The number of hydrogen-bond acceptors (Lipinski definition) is 5. The molecule has 0 bridgehead atoms. The van der Waals surface area contributed by atoms with Crippen molar-refractivity contribution < 1.29 is 4.74 Å². The van der Waals surface area contributed by atoms with E-state index in [-0.39, 0.29) is 12.1 Å². The Morgan fingerprint density at radius 2 is 2.03 bits per heavy atom. The van der Waals surface area contributed by atoms with Crippen molar-refractivity contribution in [1.29, 1.82) is 0 Å². The van der Waals surface area contributed by atoms with Crippen LogP contribution in [0.4, 0.5) is 5.69 Å². The third kappa shape index (κ3) is 3.21. The lowest BCUT2D eigenvalue weighted by Gasteiger charge is -2.12. The van der Waals surface area contributed by atoms with Crippen molar-refractivity contribution in [2.75, 3.05) is 6.61 Å². The first-order chi connectivity index (χ1) is 14.6. The number of aryl methyl sites for hydroxylation is 1. The summed E-state index contributed by atoms with van der Waals surface area (Å²) in [5.41, 5.74) is 9.90. The van der Waals surface area contributed by atoms with Crippen molar-refractivity contribution >= 4 is 16.5 Å². The van der Waals surface area contributed by atoms with E-state index in [0.717, 1.165) is 22.4 Å². The third-order valence-corrected chi connectivity index (χ3v) is 4.97. The molecule has 4 aromatic rings. The number of nitrogens with one attached hydrogen (secondary N) is 1. The van der Waals surface area contributed by atoms with Gasteiger partial charge >= 0.3 is 0 Å². The molecule has 8 nitrogen and oxygen atoms in total. The largest absolute Gasteiger partial charge is 0.495 e. The van der Waals surface area contributed by atoms with E-state index in [0.29, 0.717) is 34.5 Å². The van der Waals surface area contributed by atoms with Crippen molar-refractivity contribution in [2.24, 2.45) is 12.8 Å². The molecule has 8 heteroatoms. The smallest absolute Gasteiger partial charge is 0.272 e. The Bertz CT molecular complexity index is 1350. The molecule has 0 atom stereocenters. The molecule has 0 saturated carbocycles. The summed E-state index contributed by atoms with van der Waals surface area (Å²) in [5, 5.41) is 12.2. The van der Waals surface area contributed by atoms with Gasteiger partial charge in [0.1, 0.15) is 5.75 Å². The number of aromatic amines is 1. The molecule has 0 aliphatic carbocycles. The summed E-state index contributed by atoms with van der Waals surface area (Å²) in [6.45, 7) is 10.3. The predicted octanol–water partition coefficient (Wildman–Crippen LogP) is 3.40. The molecule has 0 radical (unpaired) electrons. The minimum atomic E-state index is -0.262. The monoisotopic (exact) mass is 400 g/mol. The number of H-pyrrole nitrogens is 1. The van der Waals surface area contributed by atoms with Crippen LogP contribution in [0, 0.1) is 6.57 Å². The summed E-state index contributed by atoms with van der Waals surface area (Å²) in [5.74, 6) is 0.652. The number of aromatic nitrogens is 4. The zero-order valence-corrected chi connectivity index (χ0v) is 16.6. The number of hydrogen-bond donors (Lipinski definition) is 2. The Hall–Kier alpha value is -3.96. The molecular weight excluding hydrogens is 380 g/mol. The highest BCUT2D eigenvalue weighted by Crippen LogP contribution is 2.39. The molecule has 0 saturated heterocycles. The maximum Gasteiger partial charge on any atom is 0.272 e. The van der Waals surface area contributed by atoms with E-state index < -0.39 is 0 Å². The summed E-state index contributed by atoms with van der Waals surface area (Å²) < 4.78 is 7.27. The maximum absolute atomic E-state index is 12.1. The van der Waals surface area contributed by atoms with Crippen molar-refractivity contribution in [3.8, 4) is 28.1 Å². The fourth-order valence-electron chi connectivity index (χ4n) is 3.57. The van der Waals surface area contributed by atoms with Gasteiger partial charge in [0.25, 0.3) is 5.56 Å². The van der Waals surface area contributed by atoms with E-state index in [4.69, 9.17) is 17.0 Å². The third-order valence-electron chi connectivity index (χ3n) is 4.97. The number of fused-ring (bicyclic) bond motifs is 1. The van der Waals surface area contributed by atoms with Gasteiger partial charge in [-0.3, -0.25) is 9.48 Å². The van der Waals surface area contributed by atoms with Gasteiger partial charge in [-0.05, 0) is 36.8 Å². The quantitative estimate of drug-likeness (QED) is 0.500. The molecule has 4 rings (SSSR count). The fourth-order valence-corrected chi connectivity index (χ4v) is 3.57. The second-order valence-corrected chi connectivity index (χ2v) is 6.72. The van der Waals surface area contributed by atoms with Gasteiger partial charge in [0.15, 0.2) is 5.69 Å². The van der Waals surface area contributed by atoms with Gasteiger partial charge in [-0.1, -0.05) is 12.1 Å². The molecule has 0 unspecified atom stereocenters. The maximum atomic E-state index is 12.1. The minimum Gasteiger partial charge on any atom is -0.495 e. The first-order valence-electron chi connectivity index (χ1n) is 9.45. The van der Waals surface area contributed by atoms with E-state index >= 15 is 0 Å². The molecule has 0 amide bonds. The van der Waals surface area contributed by atoms with Crippen LogP contribution in [-0.4, -0.2) is 26.6 Å². The number of ether oxygens (including phenoxy) is 1. The lowest BCUT2D eigenvalue weighted by atomic mass is 9.98. The highest BCUT2D eigenvalue weighted by Gasteiger charge is 2.18. The van der Waals surface area contributed by atoms with Crippen molar-refractivity contribution in [3.63, 3.8) is 0 Å². The fraction of sp³-hybridized carbons (Fsp3) is 0.182. The summed E-state index contributed by atoms with van der Waals surface area (Å²) in [6.07, 6.45) is 1.75. The number of benzene rings is 2. The van der Waals surface area contributed by atoms with Gasteiger partial charge in [0.2, 0.25) is 0 Å². The van der Waals surface area contributed by atoms with Gasteiger partial charge in [0.05, 0.1) is 36.1 Å². The molecule has 2 aromatic heterocycles. The van der Waals surface area contributed by atoms with Crippen LogP contribution in [0.5, 0.6) is 5.75 Å². The van der Waals surface area contributed by atoms with Crippen molar-refractivity contribution in [1.82, 2.24) is 20.0 Å². The van der Waals surface area contributed by atoms with E-state index in [2.05, 4.69) is 20.1 Å². The van der Waals surface area contributed by atoms with E-state index in [1.54, 1.807) is 23.0 Å². The molecule has 30 heavy (non-hydrogen) atoms. The molecule has 2 heterocycles. The molecular formula is C22H20N6O2. The topological polar surface area (TPSA) is 103 Å². The lowest BCUT2D eigenvalue weighted by molar-refractivity contribution is 0.340. The van der Waals surface area contributed by atoms with Crippen LogP contribution in [-0.2, 0) is 13.6 Å². The molecule has 3 N–H and O–H groups in total. The lowest BCUT2D eigenvalue weighted by Crippen LogP contribution is -2.13. The summed E-state index contributed by atoms with van der Waals surface area (Å²) in [6, 6.07) is 11.0. The summed E-state index contributed by atoms with van der Waals surface area (Å²) in [7, 11) is 1.83. The molecule has 0 spiro atoms. The van der Waals surface area contributed by atoms with Gasteiger partial charge in [-0.25, -0.2) is 9.94 Å². The van der Waals surface area contributed by atoms with Crippen LogP contribution in [0.3, 0.4) is 0 Å². The first-order valence-corrected chi connectivity index (χ1v) is 9.45. The summed E-state index contributed by atoms with van der Waals surface area (Å²) in [4.78, 5) is 15.8. The Morgan fingerprint density at radius 1 is 1.20 bits per heavy atom. The molecule has 0 aliphatic heterocycles. The molecule has 0 aliphatic rings. The van der Waals surface area contributed by atoms with Crippen molar-refractivity contribution in [2.45, 2.75) is 13.5 Å². The highest BCUT2D eigenvalue weighted by atomic mass is 16.5. The van der Waals surface area contributed by atoms with Crippen LogP contribution in [0.1, 0.15) is 12.6 Å². The van der Waals surface area contributed by atoms with Gasteiger partial charge in [-0.15, -0.1) is 0 Å². The van der Waals surface area contributed by atoms with Crippen LogP contribution in [0.25, 0.3) is 38.0 Å². The first kappa shape index (κ1) is 19.4. The Balaban J connectivity index is 1.92. The Labute approximate surface area is 172 Å². The standard InChI is InChI=1S/C22H20N6O2/c1-4-30-14-6-8-16(19(10-14)24-2)21-18(12-25-28(21)3)13-5-7-15-17(9-13)20(11-23)26-27-22(15)29/h5-10,12H,4,11,23H2,1,3H3,(H,27,29). The minimum absolute atomic E-state index is 0.206. The van der Waals surface area contributed by atoms with Crippen LogP contribution in [0.2, 0.25) is 0 Å². The number of nitrogens with two attached hydrogens (primary N) is 1. The number of nitrogens with zero attached hydrogens (tertiary/aromatic N) is 4. The molecule has 0 fully saturated rings. The van der Waals surface area contributed by atoms with Gasteiger partial charge in [0, 0.05) is 30.1 Å². The second kappa shape index (κ2) is 7.81. The predicted molar refractivity (Wildman–Crippen MR) is 115 cm³/mol. The van der Waals surface area contributed by atoms with E-state index in [1.165, 1.54) is 0 Å². The zero-order valence-electron chi connectivity index (χ0n) is 16.6. The number of rotatable bonds is 5. The Kier molecular flexibility index (Phi) is 5.04. The van der Waals surface area contributed by atoms with Crippen LogP contribution in [0.15, 0.2) is 47.4 Å². The van der Waals surface area contributed by atoms with Gasteiger partial charge in [-0.2, -0.15) is 10.2 Å². The van der Waals surface area contributed by atoms with E-state index in [9.17, 15) is 4.79 Å². The van der Waals surface area contributed by atoms with E-state index in [1.807, 2.05) is 38.2 Å². The van der Waals surface area contributed by atoms with Crippen LogP contribution < -0.4 is 16.0 Å². The SMILES string of the molecule is [C-]#[N+]c1cc(OCC)ccc1-c1c(-c2ccc3c(=O)[nH]nc(CN)c3c2)cnn1C. The van der Waals surface area contributed by atoms with Crippen LogP contribution >= 0.6 is 0 Å². The molecule has 150 valence electrons. The second-order valence-electron chi connectivity index (χ2n) is 6.72. The normalized spacial score (nSPS) is 10.9.